The van der Waals surface area contributed by atoms with E-state index >= 15 is 0 Å². The van der Waals surface area contributed by atoms with Crippen LogP contribution in [0.1, 0.15) is 39.2 Å². The smallest absolute Gasteiger partial charge is 0.407 e. The maximum atomic E-state index is 11.7. The molecule has 3 N–H and O–H groups in total. The molecule has 0 spiro atoms. The van der Waals surface area contributed by atoms with Gasteiger partial charge in [0.15, 0.2) is 0 Å². The number of nitrogens with zero attached hydrogens (tertiary/aromatic N) is 2. The summed E-state index contributed by atoms with van der Waals surface area (Å²) in [6, 6.07) is 15.3. The monoisotopic (exact) mass is 433 g/mol. The molecule has 0 atom stereocenters. The van der Waals surface area contributed by atoms with Crippen molar-refractivity contribution in [1.29, 1.82) is 0 Å². The molecule has 0 bridgehead atoms. The van der Waals surface area contributed by atoms with Gasteiger partial charge in [-0.25, -0.2) is 14.8 Å². The number of benzene rings is 2. The maximum absolute atomic E-state index is 11.7. The number of fused-ring (bicyclic) bond motifs is 1. The van der Waals surface area contributed by atoms with Crippen LogP contribution in [0.4, 0.5) is 10.6 Å². The summed E-state index contributed by atoms with van der Waals surface area (Å²) >= 11 is 0. The van der Waals surface area contributed by atoms with Crippen LogP contribution in [0.15, 0.2) is 48.8 Å². The van der Waals surface area contributed by atoms with E-state index in [1.165, 1.54) is 18.4 Å². The van der Waals surface area contributed by atoms with Gasteiger partial charge in [-0.3, -0.25) is 0 Å². The number of rotatable bonds is 8. The van der Waals surface area contributed by atoms with Gasteiger partial charge in [-0.2, -0.15) is 0 Å². The number of carbonyl (C=O) groups excluding carboxylic acids is 1. The summed E-state index contributed by atoms with van der Waals surface area (Å²) < 4.78 is 5.24. The molecule has 1 aliphatic carbocycles. The van der Waals surface area contributed by atoms with Gasteiger partial charge in [0.2, 0.25) is 0 Å². The molecule has 7 heteroatoms. The van der Waals surface area contributed by atoms with Crippen LogP contribution < -0.4 is 16.0 Å². The van der Waals surface area contributed by atoms with Crippen molar-refractivity contribution in [2.24, 2.45) is 0 Å². The molecule has 1 heterocycles. The van der Waals surface area contributed by atoms with Crippen molar-refractivity contribution in [1.82, 2.24) is 20.6 Å². The molecule has 2 aromatic carbocycles. The minimum atomic E-state index is -0.485. The predicted octanol–water partition coefficient (Wildman–Crippen LogP) is 4.49. The Morgan fingerprint density at radius 3 is 2.66 bits per heavy atom. The summed E-state index contributed by atoms with van der Waals surface area (Å²) in [6.45, 7) is 7.44. The highest BCUT2D eigenvalue weighted by Crippen LogP contribution is 2.30. The highest BCUT2D eigenvalue weighted by atomic mass is 16.6. The number of ether oxygens (including phenoxy) is 1. The summed E-state index contributed by atoms with van der Waals surface area (Å²) in [4.78, 5) is 20.6. The predicted molar refractivity (Wildman–Crippen MR) is 128 cm³/mol. The van der Waals surface area contributed by atoms with E-state index in [2.05, 4.69) is 68.4 Å². The van der Waals surface area contributed by atoms with Crippen LogP contribution in [-0.2, 0) is 11.3 Å². The molecule has 1 aromatic heterocycles. The summed E-state index contributed by atoms with van der Waals surface area (Å²) in [5.74, 6) is 0.912. The number of anilines is 1. The molecule has 168 valence electrons. The van der Waals surface area contributed by atoms with Crippen LogP contribution in [0.5, 0.6) is 0 Å². The molecule has 0 aliphatic heterocycles. The van der Waals surface area contributed by atoms with Crippen LogP contribution in [0.3, 0.4) is 0 Å². The highest BCUT2D eigenvalue weighted by Gasteiger charge is 2.22. The average molecular weight is 434 g/mol. The molecule has 0 unspecified atom stereocenters. The molecular formula is C25H31N5O2. The zero-order valence-electron chi connectivity index (χ0n) is 18.9. The molecule has 1 amide bonds. The third-order valence-corrected chi connectivity index (χ3v) is 5.11. The van der Waals surface area contributed by atoms with E-state index in [1.807, 2.05) is 20.8 Å². The third-order valence-electron chi connectivity index (χ3n) is 5.11. The topological polar surface area (TPSA) is 88.2 Å². The van der Waals surface area contributed by atoms with Gasteiger partial charge in [-0.1, -0.05) is 24.3 Å². The van der Waals surface area contributed by atoms with Gasteiger partial charge in [0.05, 0.1) is 5.52 Å². The lowest BCUT2D eigenvalue weighted by Gasteiger charge is -2.19. The minimum Gasteiger partial charge on any atom is -0.444 e. The molecule has 3 aromatic rings. The first-order valence-corrected chi connectivity index (χ1v) is 11.2. The van der Waals surface area contributed by atoms with E-state index in [4.69, 9.17) is 4.74 Å². The molecule has 7 nitrogen and oxygen atoms in total. The Morgan fingerprint density at radius 2 is 1.88 bits per heavy atom. The lowest BCUT2D eigenvalue weighted by atomic mass is 10.0. The van der Waals surface area contributed by atoms with E-state index in [1.54, 1.807) is 6.33 Å². The Bertz CT molecular complexity index is 1090. The van der Waals surface area contributed by atoms with Gasteiger partial charge < -0.3 is 20.7 Å². The van der Waals surface area contributed by atoms with Crippen molar-refractivity contribution >= 4 is 22.8 Å². The van der Waals surface area contributed by atoms with Crippen LogP contribution in [-0.4, -0.2) is 40.8 Å². The lowest BCUT2D eigenvalue weighted by molar-refractivity contribution is 0.0528. The summed E-state index contributed by atoms with van der Waals surface area (Å²) in [5.41, 5.74) is 3.93. The second-order valence-corrected chi connectivity index (χ2v) is 9.18. The van der Waals surface area contributed by atoms with Crippen molar-refractivity contribution in [3.8, 4) is 11.1 Å². The van der Waals surface area contributed by atoms with Gasteiger partial charge >= 0.3 is 6.09 Å². The third kappa shape index (κ3) is 6.17. The number of amides is 1. The Morgan fingerprint density at radius 1 is 1.06 bits per heavy atom. The number of hydrogen-bond donors (Lipinski definition) is 3. The van der Waals surface area contributed by atoms with Crippen molar-refractivity contribution in [3.63, 3.8) is 0 Å². The van der Waals surface area contributed by atoms with Crippen molar-refractivity contribution in [2.75, 3.05) is 18.4 Å². The molecule has 32 heavy (non-hydrogen) atoms. The summed E-state index contributed by atoms with van der Waals surface area (Å²) in [7, 11) is 0. The average Bonchev–Trinajstić information content (AvgIpc) is 3.56. The van der Waals surface area contributed by atoms with Crippen molar-refractivity contribution < 1.29 is 9.53 Å². The molecule has 1 fully saturated rings. The Labute approximate surface area is 189 Å². The molecule has 0 saturated heterocycles. The molecule has 1 saturated carbocycles. The fraction of sp³-hybridized carbons (Fsp3) is 0.400. The lowest BCUT2D eigenvalue weighted by Crippen LogP contribution is -2.36. The van der Waals surface area contributed by atoms with Crippen LogP contribution in [0.2, 0.25) is 0 Å². The molecule has 4 rings (SSSR count). The first-order chi connectivity index (χ1) is 15.4. The quantitative estimate of drug-likeness (QED) is 0.454. The summed E-state index contributed by atoms with van der Waals surface area (Å²) in [6.07, 6.45) is 3.63. The van der Waals surface area contributed by atoms with E-state index in [0.29, 0.717) is 19.1 Å². The van der Waals surface area contributed by atoms with E-state index in [-0.39, 0.29) is 0 Å². The van der Waals surface area contributed by atoms with Gasteiger partial charge in [0.25, 0.3) is 0 Å². The van der Waals surface area contributed by atoms with Gasteiger partial charge in [-0.15, -0.1) is 0 Å². The fourth-order valence-corrected chi connectivity index (χ4v) is 3.43. The SMILES string of the molecule is CC(C)(C)OC(=O)NCCNCc1cccc(-c2ccc3ncnc(NC4CC4)c3c2)c1. The largest absolute Gasteiger partial charge is 0.444 e. The van der Waals surface area contributed by atoms with Gasteiger partial charge in [0.1, 0.15) is 17.7 Å². The molecular weight excluding hydrogens is 402 g/mol. The van der Waals surface area contributed by atoms with E-state index in [9.17, 15) is 4.79 Å². The Hall–Kier alpha value is -3.19. The van der Waals surface area contributed by atoms with Crippen molar-refractivity contribution in [2.45, 2.75) is 51.8 Å². The van der Waals surface area contributed by atoms with Crippen LogP contribution in [0.25, 0.3) is 22.0 Å². The fourth-order valence-electron chi connectivity index (χ4n) is 3.43. The normalized spacial score (nSPS) is 13.7. The number of aromatic nitrogens is 2. The van der Waals surface area contributed by atoms with Crippen molar-refractivity contribution in [3.05, 3.63) is 54.4 Å². The number of carbonyl (C=O) groups is 1. The Kier molecular flexibility index (Phi) is 6.55. The van der Waals surface area contributed by atoms with Gasteiger partial charge in [-0.05, 0) is 68.5 Å². The highest BCUT2D eigenvalue weighted by molar-refractivity contribution is 5.92. The number of nitrogens with one attached hydrogen (secondary N) is 3. The molecule has 1 aliphatic rings. The maximum Gasteiger partial charge on any atom is 0.407 e. The van der Waals surface area contributed by atoms with Gasteiger partial charge in [0, 0.05) is 31.1 Å². The van der Waals surface area contributed by atoms with Crippen LogP contribution >= 0.6 is 0 Å². The Balaban J connectivity index is 1.36. The van der Waals surface area contributed by atoms with E-state index < -0.39 is 11.7 Å². The summed E-state index contributed by atoms with van der Waals surface area (Å²) in [5, 5.41) is 10.7. The second-order valence-electron chi connectivity index (χ2n) is 9.18. The number of hydrogen-bond acceptors (Lipinski definition) is 6. The number of alkyl carbamates (subject to hydrolysis) is 1. The standard InChI is InChI=1S/C25H31N5O2/c1-25(2,3)32-24(31)27-12-11-26-15-17-5-4-6-18(13-17)19-7-10-22-21(14-19)23(29-16-28-22)30-20-8-9-20/h4-7,10,13-14,16,20,26H,8-9,11-12,15H2,1-3H3,(H,27,31)(H,28,29,30). The first kappa shape index (κ1) is 22.0. The minimum absolute atomic E-state index is 0.392. The second kappa shape index (κ2) is 9.53. The zero-order chi connectivity index (χ0) is 22.6. The first-order valence-electron chi connectivity index (χ1n) is 11.2. The zero-order valence-corrected chi connectivity index (χ0v) is 18.9. The molecule has 0 radical (unpaired) electrons. The van der Waals surface area contributed by atoms with E-state index in [0.717, 1.165) is 34.4 Å². The van der Waals surface area contributed by atoms with Crippen LogP contribution in [0, 0.1) is 0 Å².